The molecule has 0 saturated heterocycles. The highest BCUT2D eigenvalue weighted by atomic mass is 35.5. The summed E-state index contributed by atoms with van der Waals surface area (Å²) in [5.41, 5.74) is 6.54. The van der Waals surface area contributed by atoms with E-state index in [9.17, 15) is 18.8 Å². The lowest BCUT2D eigenvalue weighted by atomic mass is 9.80. The molecule has 0 radical (unpaired) electrons. The highest BCUT2D eigenvalue weighted by molar-refractivity contribution is 6.30. The van der Waals surface area contributed by atoms with E-state index < -0.39 is 17.8 Å². The smallest absolute Gasteiger partial charge is 0.269 e. The van der Waals surface area contributed by atoms with Gasteiger partial charge in [0, 0.05) is 30.1 Å². The van der Waals surface area contributed by atoms with Crippen LogP contribution in [0, 0.1) is 11.7 Å². The number of aromatic nitrogens is 2. The maximum atomic E-state index is 14.2. The molecule has 0 aliphatic heterocycles. The molecule has 1 aliphatic rings. The third-order valence-electron chi connectivity index (χ3n) is 6.42. The van der Waals surface area contributed by atoms with Crippen LogP contribution in [-0.2, 0) is 22.7 Å². The number of fused-ring (bicyclic) bond motifs is 1. The summed E-state index contributed by atoms with van der Waals surface area (Å²) in [4.78, 5) is 39.0. The van der Waals surface area contributed by atoms with Gasteiger partial charge in [-0.05, 0) is 30.9 Å². The number of para-hydroxylation sites is 1. The van der Waals surface area contributed by atoms with Crippen LogP contribution in [0.3, 0.4) is 0 Å². The van der Waals surface area contributed by atoms with Crippen molar-refractivity contribution in [3.63, 3.8) is 0 Å². The van der Waals surface area contributed by atoms with Gasteiger partial charge in [0.2, 0.25) is 5.91 Å². The molecule has 184 valence electrons. The number of rotatable bonds is 10. The second kappa shape index (κ2) is 10.5. The standard InChI is InChI=1S/C25H27ClFN5O3/c1-15-9-17(10-15)32(18(14-33)12-29-11-16-5-4-7-20(26)23(16)27)22(34)13-31-21-8-3-2-6-19(21)24(30-31)25(28)35/h2-8,14-15,17-18,29H,9-13H2,1H3,(H2,28,35). The fourth-order valence-corrected chi connectivity index (χ4v) is 4.83. The van der Waals surface area contributed by atoms with Gasteiger partial charge in [0.15, 0.2) is 5.69 Å². The molecular weight excluding hydrogens is 473 g/mol. The van der Waals surface area contributed by atoms with Gasteiger partial charge in [0.1, 0.15) is 24.7 Å². The zero-order valence-corrected chi connectivity index (χ0v) is 20.0. The van der Waals surface area contributed by atoms with E-state index in [2.05, 4.69) is 17.3 Å². The highest BCUT2D eigenvalue weighted by Crippen LogP contribution is 2.32. The summed E-state index contributed by atoms with van der Waals surface area (Å²) in [6, 6.07) is 10.9. The molecule has 1 atom stereocenters. The first-order valence-electron chi connectivity index (χ1n) is 11.5. The van der Waals surface area contributed by atoms with E-state index in [-0.39, 0.29) is 42.3 Å². The lowest BCUT2D eigenvalue weighted by molar-refractivity contribution is -0.143. The Morgan fingerprint density at radius 1 is 1.29 bits per heavy atom. The fourth-order valence-electron chi connectivity index (χ4n) is 4.64. The van der Waals surface area contributed by atoms with Crippen molar-refractivity contribution in [2.75, 3.05) is 6.54 Å². The number of carbonyl (C=O) groups is 3. The summed E-state index contributed by atoms with van der Waals surface area (Å²) in [5.74, 6) is -1.04. The number of amides is 2. The quantitative estimate of drug-likeness (QED) is 0.417. The Kier molecular flexibility index (Phi) is 7.47. The Hall–Kier alpha value is -3.30. The number of primary amides is 1. The summed E-state index contributed by atoms with van der Waals surface area (Å²) in [5, 5.41) is 7.94. The topological polar surface area (TPSA) is 110 Å². The van der Waals surface area contributed by atoms with Gasteiger partial charge in [-0.3, -0.25) is 14.3 Å². The molecule has 2 amide bonds. The minimum absolute atomic E-state index is 0.0262. The summed E-state index contributed by atoms with van der Waals surface area (Å²) in [6.45, 7) is 2.26. The average Bonchev–Trinajstić information content (AvgIpc) is 3.18. The van der Waals surface area contributed by atoms with Gasteiger partial charge in [-0.25, -0.2) is 4.39 Å². The largest absolute Gasteiger partial charge is 0.364 e. The van der Waals surface area contributed by atoms with Crippen LogP contribution < -0.4 is 11.1 Å². The Balaban J connectivity index is 1.53. The minimum Gasteiger partial charge on any atom is -0.364 e. The Morgan fingerprint density at radius 3 is 2.71 bits per heavy atom. The molecule has 10 heteroatoms. The van der Waals surface area contributed by atoms with Gasteiger partial charge in [0.05, 0.1) is 10.5 Å². The molecule has 35 heavy (non-hydrogen) atoms. The molecule has 1 aliphatic carbocycles. The van der Waals surface area contributed by atoms with Crippen LogP contribution in [0.25, 0.3) is 10.9 Å². The number of aldehydes is 1. The van der Waals surface area contributed by atoms with E-state index in [0.717, 1.165) is 19.1 Å². The van der Waals surface area contributed by atoms with Gasteiger partial charge in [0.25, 0.3) is 5.91 Å². The third kappa shape index (κ3) is 5.21. The Labute approximate surface area is 207 Å². The number of nitrogens with one attached hydrogen (secondary N) is 1. The monoisotopic (exact) mass is 499 g/mol. The van der Waals surface area contributed by atoms with Crippen molar-refractivity contribution in [1.29, 1.82) is 0 Å². The number of hydrogen-bond donors (Lipinski definition) is 2. The number of carbonyl (C=O) groups excluding carboxylic acids is 3. The van der Waals surface area contributed by atoms with Crippen molar-refractivity contribution in [3.8, 4) is 0 Å². The highest BCUT2D eigenvalue weighted by Gasteiger charge is 2.37. The minimum atomic E-state index is -0.750. The number of hydrogen-bond acceptors (Lipinski definition) is 5. The van der Waals surface area contributed by atoms with Crippen LogP contribution in [-0.4, -0.2) is 51.4 Å². The van der Waals surface area contributed by atoms with Crippen molar-refractivity contribution in [1.82, 2.24) is 20.0 Å². The number of nitrogens with zero attached hydrogens (tertiary/aromatic N) is 3. The molecule has 4 rings (SSSR count). The van der Waals surface area contributed by atoms with Crippen LogP contribution in [0.2, 0.25) is 5.02 Å². The Bertz CT molecular complexity index is 1260. The summed E-state index contributed by atoms with van der Waals surface area (Å²) < 4.78 is 15.7. The van der Waals surface area contributed by atoms with Crippen molar-refractivity contribution in [2.45, 2.75) is 44.9 Å². The first-order valence-corrected chi connectivity index (χ1v) is 11.8. The number of nitrogens with two attached hydrogens (primary N) is 1. The molecule has 1 unspecified atom stereocenters. The van der Waals surface area contributed by atoms with E-state index in [4.69, 9.17) is 17.3 Å². The van der Waals surface area contributed by atoms with Crippen LogP contribution in [0.5, 0.6) is 0 Å². The maximum absolute atomic E-state index is 14.2. The molecule has 2 aromatic carbocycles. The summed E-state index contributed by atoms with van der Waals surface area (Å²) in [7, 11) is 0. The van der Waals surface area contributed by atoms with Crippen LogP contribution in [0.1, 0.15) is 35.8 Å². The van der Waals surface area contributed by atoms with E-state index in [0.29, 0.717) is 22.4 Å². The maximum Gasteiger partial charge on any atom is 0.269 e. The Morgan fingerprint density at radius 2 is 2.03 bits per heavy atom. The predicted octanol–water partition coefficient (Wildman–Crippen LogP) is 2.91. The number of halogens is 2. The molecular formula is C25H27ClFN5O3. The average molecular weight is 500 g/mol. The van der Waals surface area contributed by atoms with E-state index in [1.54, 1.807) is 41.3 Å². The first-order chi connectivity index (χ1) is 16.8. The predicted molar refractivity (Wildman–Crippen MR) is 130 cm³/mol. The number of benzene rings is 2. The zero-order valence-electron chi connectivity index (χ0n) is 19.3. The van der Waals surface area contributed by atoms with Gasteiger partial charge < -0.3 is 20.7 Å². The van der Waals surface area contributed by atoms with Gasteiger partial charge in [-0.15, -0.1) is 0 Å². The van der Waals surface area contributed by atoms with Gasteiger partial charge >= 0.3 is 0 Å². The lowest BCUT2D eigenvalue weighted by Gasteiger charge is -2.44. The molecule has 3 N–H and O–H groups in total. The van der Waals surface area contributed by atoms with Gasteiger partial charge in [-0.1, -0.05) is 48.9 Å². The van der Waals surface area contributed by atoms with Gasteiger partial charge in [-0.2, -0.15) is 5.10 Å². The molecule has 0 spiro atoms. The molecule has 1 heterocycles. The molecule has 8 nitrogen and oxygen atoms in total. The van der Waals surface area contributed by atoms with Crippen molar-refractivity contribution in [3.05, 3.63) is 64.6 Å². The zero-order chi connectivity index (χ0) is 25.1. The van der Waals surface area contributed by atoms with Crippen molar-refractivity contribution >= 4 is 40.6 Å². The summed E-state index contributed by atoms with van der Waals surface area (Å²) in [6.07, 6.45) is 2.30. The van der Waals surface area contributed by atoms with Crippen molar-refractivity contribution in [2.24, 2.45) is 11.7 Å². The lowest BCUT2D eigenvalue weighted by Crippen LogP contribution is -2.56. The molecule has 3 aromatic rings. The van der Waals surface area contributed by atoms with E-state index >= 15 is 0 Å². The van der Waals surface area contributed by atoms with Crippen LogP contribution >= 0.6 is 11.6 Å². The van der Waals surface area contributed by atoms with E-state index in [1.165, 1.54) is 10.7 Å². The molecule has 1 saturated carbocycles. The van der Waals surface area contributed by atoms with Crippen LogP contribution in [0.15, 0.2) is 42.5 Å². The van der Waals surface area contributed by atoms with E-state index in [1.807, 2.05) is 0 Å². The normalized spacial score (nSPS) is 18.1. The molecule has 1 fully saturated rings. The SMILES string of the molecule is CC1CC(N(C(=O)Cn2nc(C(N)=O)c3ccccc32)C(C=O)CNCc2cccc(Cl)c2F)C1. The second-order valence-electron chi connectivity index (χ2n) is 8.97. The second-order valence-corrected chi connectivity index (χ2v) is 9.37. The van der Waals surface area contributed by atoms with Crippen molar-refractivity contribution < 1.29 is 18.8 Å². The third-order valence-corrected chi connectivity index (χ3v) is 6.71. The molecule has 1 aromatic heterocycles. The van der Waals surface area contributed by atoms with Crippen LogP contribution in [0.4, 0.5) is 4.39 Å². The summed E-state index contributed by atoms with van der Waals surface area (Å²) >= 11 is 5.85. The fraction of sp³-hybridized carbons (Fsp3) is 0.360. The first kappa shape index (κ1) is 24.8. The molecule has 0 bridgehead atoms.